The second-order valence-electron chi connectivity index (χ2n) is 5.00. The molecule has 2 heteroatoms. The van der Waals surface area contributed by atoms with Crippen LogP contribution in [0.25, 0.3) is 0 Å². The van der Waals surface area contributed by atoms with Crippen molar-refractivity contribution in [1.29, 1.82) is 0 Å². The normalized spacial score (nSPS) is 19.7. The maximum atomic E-state index is 6.11. The second-order valence-corrected chi connectivity index (χ2v) is 5.44. The lowest BCUT2D eigenvalue weighted by Crippen LogP contribution is -2.37. The van der Waals surface area contributed by atoms with Crippen molar-refractivity contribution in [1.82, 2.24) is 0 Å². The van der Waals surface area contributed by atoms with Crippen LogP contribution in [0.1, 0.15) is 43.2 Å². The fourth-order valence-corrected chi connectivity index (χ4v) is 3.15. The first-order valence-corrected chi connectivity index (χ1v) is 6.52. The molecule has 88 valence electrons. The molecule has 16 heavy (non-hydrogen) atoms. The Balaban J connectivity index is 2.42. The minimum Gasteiger partial charge on any atom is -0.330 e. The zero-order valence-corrected chi connectivity index (χ0v) is 10.7. The highest BCUT2D eigenvalue weighted by Crippen LogP contribution is 2.40. The molecule has 0 spiro atoms. The molecule has 1 aromatic carbocycles. The highest BCUT2D eigenvalue weighted by molar-refractivity contribution is 6.30. The summed E-state index contributed by atoms with van der Waals surface area (Å²) in [5.74, 6) is 0. The molecule has 1 saturated carbocycles. The standard InChI is InChI=1S/C14H20ClN/c1-11-5-6-12(15)9-13(11)14(10-16)7-3-2-4-8-14/h5-6,9H,2-4,7-8,10,16H2,1H3. The van der Waals surface area contributed by atoms with Crippen LogP contribution in [0.2, 0.25) is 5.02 Å². The Kier molecular flexibility index (Phi) is 3.56. The van der Waals surface area contributed by atoms with Gasteiger partial charge in [-0.15, -0.1) is 0 Å². The van der Waals surface area contributed by atoms with E-state index in [0.717, 1.165) is 11.6 Å². The Bertz CT molecular complexity index is 367. The summed E-state index contributed by atoms with van der Waals surface area (Å²) < 4.78 is 0. The molecule has 1 fully saturated rings. The van der Waals surface area contributed by atoms with Crippen LogP contribution in [-0.2, 0) is 5.41 Å². The van der Waals surface area contributed by atoms with Crippen molar-refractivity contribution in [2.24, 2.45) is 5.73 Å². The molecule has 1 aliphatic carbocycles. The van der Waals surface area contributed by atoms with Crippen LogP contribution in [0.3, 0.4) is 0 Å². The van der Waals surface area contributed by atoms with Crippen LogP contribution in [0.4, 0.5) is 0 Å². The van der Waals surface area contributed by atoms with Crippen LogP contribution >= 0.6 is 11.6 Å². The summed E-state index contributed by atoms with van der Waals surface area (Å²) in [6.07, 6.45) is 6.36. The Hall–Kier alpha value is -0.530. The van der Waals surface area contributed by atoms with Crippen molar-refractivity contribution in [2.75, 3.05) is 6.54 Å². The van der Waals surface area contributed by atoms with Gasteiger partial charge in [0.05, 0.1) is 0 Å². The minimum absolute atomic E-state index is 0.188. The Labute approximate surface area is 103 Å². The van der Waals surface area contributed by atoms with E-state index in [1.54, 1.807) is 0 Å². The van der Waals surface area contributed by atoms with Gasteiger partial charge >= 0.3 is 0 Å². The van der Waals surface area contributed by atoms with Crippen LogP contribution in [0, 0.1) is 6.92 Å². The largest absolute Gasteiger partial charge is 0.330 e. The highest BCUT2D eigenvalue weighted by Gasteiger charge is 2.33. The molecule has 0 bridgehead atoms. The van der Waals surface area contributed by atoms with Crippen LogP contribution in [0.15, 0.2) is 18.2 Å². The third kappa shape index (κ3) is 2.11. The van der Waals surface area contributed by atoms with Crippen LogP contribution in [0.5, 0.6) is 0 Å². The van der Waals surface area contributed by atoms with E-state index in [4.69, 9.17) is 17.3 Å². The van der Waals surface area contributed by atoms with Crippen molar-refractivity contribution < 1.29 is 0 Å². The van der Waals surface area contributed by atoms with Crippen LogP contribution in [-0.4, -0.2) is 6.54 Å². The van der Waals surface area contributed by atoms with Crippen LogP contribution < -0.4 is 5.73 Å². The van der Waals surface area contributed by atoms with Gasteiger partial charge in [-0.25, -0.2) is 0 Å². The number of benzene rings is 1. The van der Waals surface area contributed by atoms with Gasteiger partial charge in [0.2, 0.25) is 0 Å². The van der Waals surface area contributed by atoms with E-state index in [1.807, 2.05) is 6.07 Å². The smallest absolute Gasteiger partial charge is 0.0409 e. The molecule has 0 saturated heterocycles. The number of hydrogen-bond acceptors (Lipinski definition) is 1. The zero-order chi connectivity index (χ0) is 11.6. The first-order chi connectivity index (χ1) is 7.68. The summed E-state index contributed by atoms with van der Waals surface area (Å²) in [5.41, 5.74) is 8.94. The molecule has 1 nitrogen and oxygen atoms in total. The molecule has 0 radical (unpaired) electrons. The average Bonchev–Trinajstić information content (AvgIpc) is 2.33. The van der Waals surface area contributed by atoms with Gasteiger partial charge < -0.3 is 5.73 Å². The number of hydrogen-bond donors (Lipinski definition) is 1. The molecule has 2 N–H and O–H groups in total. The predicted molar refractivity (Wildman–Crippen MR) is 70.0 cm³/mol. The second kappa shape index (κ2) is 4.77. The lowest BCUT2D eigenvalue weighted by Gasteiger charge is -2.38. The van der Waals surface area contributed by atoms with Crippen molar-refractivity contribution in [2.45, 2.75) is 44.4 Å². The molecule has 1 aromatic rings. The van der Waals surface area contributed by atoms with Crippen molar-refractivity contribution in [3.05, 3.63) is 34.3 Å². The summed E-state index contributed by atoms with van der Waals surface area (Å²) in [4.78, 5) is 0. The Morgan fingerprint density at radius 2 is 1.94 bits per heavy atom. The van der Waals surface area contributed by atoms with Gasteiger partial charge in [-0.1, -0.05) is 36.9 Å². The Morgan fingerprint density at radius 1 is 1.25 bits per heavy atom. The molecular weight excluding hydrogens is 218 g/mol. The fraction of sp³-hybridized carbons (Fsp3) is 0.571. The first kappa shape index (κ1) is 11.9. The highest BCUT2D eigenvalue weighted by atomic mass is 35.5. The van der Waals surface area contributed by atoms with Gasteiger partial charge in [-0.05, 0) is 43.0 Å². The van der Waals surface area contributed by atoms with Gasteiger partial charge in [0, 0.05) is 17.0 Å². The number of halogens is 1. The van der Waals surface area contributed by atoms with Gasteiger partial charge in [0.1, 0.15) is 0 Å². The molecule has 0 heterocycles. The summed E-state index contributed by atoms with van der Waals surface area (Å²) in [5, 5.41) is 0.832. The minimum atomic E-state index is 0.188. The van der Waals surface area contributed by atoms with Gasteiger partial charge in [0.25, 0.3) is 0 Å². The van der Waals surface area contributed by atoms with E-state index in [1.165, 1.54) is 43.2 Å². The van der Waals surface area contributed by atoms with E-state index < -0.39 is 0 Å². The van der Waals surface area contributed by atoms with Gasteiger partial charge in [-0.3, -0.25) is 0 Å². The first-order valence-electron chi connectivity index (χ1n) is 6.15. The average molecular weight is 238 g/mol. The zero-order valence-electron chi connectivity index (χ0n) is 9.93. The van der Waals surface area contributed by atoms with E-state index in [2.05, 4.69) is 19.1 Å². The summed E-state index contributed by atoms with van der Waals surface area (Å²) in [6.45, 7) is 2.91. The van der Waals surface area contributed by atoms with E-state index in [-0.39, 0.29) is 5.41 Å². The van der Waals surface area contributed by atoms with Gasteiger partial charge in [0.15, 0.2) is 0 Å². The van der Waals surface area contributed by atoms with Gasteiger partial charge in [-0.2, -0.15) is 0 Å². The lowest BCUT2D eigenvalue weighted by molar-refractivity contribution is 0.299. The number of nitrogens with two attached hydrogens (primary N) is 1. The van der Waals surface area contributed by atoms with Crippen molar-refractivity contribution >= 4 is 11.6 Å². The third-order valence-electron chi connectivity index (χ3n) is 3.97. The monoisotopic (exact) mass is 237 g/mol. The van der Waals surface area contributed by atoms with E-state index in [9.17, 15) is 0 Å². The molecule has 2 rings (SSSR count). The SMILES string of the molecule is Cc1ccc(Cl)cc1C1(CN)CCCCC1. The topological polar surface area (TPSA) is 26.0 Å². The fourth-order valence-electron chi connectivity index (χ4n) is 2.98. The lowest BCUT2D eigenvalue weighted by atomic mass is 9.68. The molecule has 0 atom stereocenters. The molecule has 0 aliphatic heterocycles. The van der Waals surface area contributed by atoms with E-state index in [0.29, 0.717) is 0 Å². The molecule has 0 amide bonds. The summed E-state index contributed by atoms with van der Waals surface area (Å²) in [6, 6.07) is 6.20. The quantitative estimate of drug-likeness (QED) is 0.832. The molecule has 0 aromatic heterocycles. The Morgan fingerprint density at radius 3 is 2.56 bits per heavy atom. The summed E-state index contributed by atoms with van der Waals surface area (Å²) >= 11 is 6.11. The number of aryl methyl sites for hydroxylation is 1. The maximum Gasteiger partial charge on any atom is 0.0409 e. The van der Waals surface area contributed by atoms with Crippen molar-refractivity contribution in [3.63, 3.8) is 0 Å². The maximum absolute atomic E-state index is 6.11. The molecular formula is C14H20ClN. The summed E-state index contributed by atoms with van der Waals surface area (Å²) in [7, 11) is 0. The van der Waals surface area contributed by atoms with E-state index >= 15 is 0 Å². The molecule has 0 unspecified atom stereocenters. The molecule has 1 aliphatic rings. The third-order valence-corrected chi connectivity index (χ3v) is 4.21. The van der Waals surface area contributed by atoms with Crippen molar-refractivity contribution in [3.8, 4) is 0 Å². The number of rotatable bonds is 2. The predicted octanol–water partition coefficient (Wildman–Crippen LogP) is 3.81.